The molecule has 1 fully saturated rings. The van der Waals surface area contributed by atoms with Crippen LogP contribution in [0.5, 0.6) is 0 Å². The van der Waals surface area contributed by atoms with E-state index in [9.17, 15) is 4.79 Å². The molecule has 6 heteroatoms. The van der Waals surface area contributed by atoms with Crippen LogP contribution in [0.2, 0.25) is 0 Å². The topological polar surface area (TPSA) is 58.8 Å². The van der Waals surface area contributed by atoms with E-state index in [1.165, 1.54) is 7.11 Å². The summed E-state index contributed by atoms with van der Waals surface area (Å²) < 4.78 is 10.4. The average molecular weight is 315 g/mol. The van der Waals surface area contributed by atoms with Gasteiger partial charge >= 0.3 is 5.97 Å². The molecule has 0 radical (unpaired) electrons. The fourth-order valence-corrected chi connectivity index (χ4v) is 2.82. The number of methoxy groups -OCH3 is 1. The molecule has 0 bridgehead atoms. The molecule has 0 amide bonds. The van der Waals surface area contributed by atoms with Gasteiger partial charge in [0.25, 0.3) is 0 Å². The summed E-state index contributed by atoms with van der Waals surface area (Å²) in [6.07, 6.45) is 1.82. The van der Waals surface area contributed by atoms with Crippen molar-refractivity contribution < 1.29 is 13.9 Å². The maximum Gasteiger partial charge on any atom is 0.374 e. The molecule has 0 N–H and O–H groups in total. The second kappa shape index (κ2) is 6.83. The first kappa shape index (κ1) is 15.6. The Hall–Kier alpha value is -2.34. The van der Waals surface area contributed by atoms with E-state index in [2.05, 4.69) is 14.8 Å². The van der Waals surface area contributed by atoms with Gasteiger partial charge in [0.05, 0.1) is 13.7 Å². The van der Waals surface area contributed by atoms with E-state index in [1.807, 2.05) is 37.4 Å². The zero-order valence-electron chi connectivity index (χ0n) is 13.5. The van der Waals surface area contributed by atoms with Crippen LogP contribution in [0.4, 0.5) is 5.82 Å². The van der Waals surface area contributed by atoms with Crippen molar-refractivity contribution >= 4 is 11.8 Å². The fraction of sp³-hybridized carbons (Fsp3) is 0.412. The van der Waals surface area contributed by atoms with Gasteiger partial charge in [0, 0.05) is 37.9 Å². The van der Waals surface area contributed by atoms with Crippen LogP contribution in [0, 0.1) is 6.92 Å². The first-order chi connectivity index (χ1) is 11.2. The smallest absolute Gasteiger partial charge is 0.374 e. The number of nitrogens with zero attached hydrogens (tertiary/aromatic N) is 3. The van der Waals surface area contributed by atoms with Crippen LogP contribution in [0.1, 0.15) is 21.9 Å². The summed E-state index contributed by atoms with van der Waals surface area (Å²) in [4.78, 5) is 20.6. The minimum Gasteiger partial charge on any atom is -0.463 e. The lowest BCUT2D eigenvalue weighted by Crippen LogP contribution is -2.46. The van der Waals surface area contributed by atoms with Gasteiger partial charge in [-0.3, -0.25) is 4.90 Å². The molecule has 1 saturated heterocycles. The predicted molar refractivity (Wildman–Crippen MR) is 86.5 cm³/mol. The number of piperazine rings is 1. The first-order valence-electron chi connectivity index (χ1n) is 7.73. The Morgan fingerprint density at radius 3 is 2.74 bits per heavy atom. The van der Waals surface area contributed by atoms with Crippen molar-refractivity contribution in [3.63, 3.8) is 0 Å². The SMILES string of the molecule is COC(=O)c1oc(CN2CCN(c3ccccn3)CC2)cc1C. The highest BCUT2D eigenvalue weighted by Crippen LogP contribution is 2.19. The molecule has 0 aliphatic carbocycles. The molecule has 3 rings (SSSR count). The molecule has 0 aromatic carbocycles. The number of aromatic nitrogens is 1. The number of carbonyl (C=O) groups is 1. The van der Waals surface area contributed by atoms with E-state index in [4.69, 9.17) is 9.15 Å². The Morgan fingerprint density at radius 1 is 1.30 bits per heavy atom. The third-order valence-electron chi connectivity index (χ3n) is 4.06. The van der Waals surface area contributed by atoms with Crippen LogP contribution in [0.15, 0.2) is 34.9 Å². The van der Waals surface area contributed by atoms with Gasteiger partial charge in [-0.2, -0.15) is 0 Å². The number of hydrogen-bond acceptors (Lipinski definition) is 6. The van der Waals surface area contributed by atoms with Gasteiger partial charge in [-0.25, -0.2) is 9.78 Å². The Balaban J connectivity index is 1.58. The highest BCUT2D eigenvalue weighted by molar-refractivity contribution is 5.87. The summed E-state index contributed by atoms with van der Waals surface area (Å²) in [5.41, 5.74) is 0.818. The maximum atomic E-state index is 11.6. The Labute approximate surface area is 135 Å². The molecule has 23 heavy (non-hydrogen) atoms. The molecule has 6 nitrogen and oxygen atoms in total. The first-order valence-corrected chi connectivity index (χ1v) is 7.73. The summed E-state index contributed by atoms with van der Waals surface area (Å²) in [5, 5.41) is 0. The normalized spacial score (nSPS) is 15.7. The highest BCUT2D eigenvalue weighted by Gasteiger charge is 2.21. The fourth-order valence-electron chi connectivity index (χ4n) is 2.82. The monoisotopic (exact) mass is 315 g/mol. The highest BCUT2D eigenvalue weighted by atomic mass is 16.5. The van der Waals surface area contributed by atoms with E-state index < -0.39 is 5.97 Å². The van der Waals surface area contributed by atoms with E-state index in [0.717, 1.165) is 43.3 Å². The van der Waals surface area contributed by atoms with Crippen molar-refractivity contribution in [1.29, 1.82) is 0 Å². The molecule has 0 spiro atoms. The molecule has 0 saturated carbocycles. The van der Waals surface area contributed by atoms with Gasteiger partial charge in [-0.15, -0.1) is 0 Å². The van der Waals surface area contributed by atoms with Crippen molar-refractivity contribution in [3.8, 4) is 0 Å². The van der Waals surface area contributed by atoms with Gasteiger partial charge in [-0.05, 0) is 25.1 Å². The maximum absolute atomic E-state index is 11.6. The lowest BCUT2D eigenvalue weighted by atomic mass is 10.2. The summed E-state index contributed by atoms with van der Waals surface area (Å²) >= 11 is 0. The predicted octanol–water partition coefficient (Wildman–Crippen LogP) is 2.09. The molecule has 3 heterocycles. The van der Waals surface area contributed by atoms with Gasteiger partial charge in [-0.1, -0.05) is 6.07 Å². The quantitative estimate of drug-likeness (QED) is 0.805. The van der Waals surface area contributed by atoms with E-state index in [0.29, 0.717) is 12.3 Å². The number of carbonyl (C=O) groups excluding carboxylic acids is 1. The zero-order chi connectivity index (χ0) is 16.2. The Morgan fingerprint density at radius 2 is 2.09 bits per heavy atom. The van der Waals surface area contributed by atoms with Crippen molar-refractivity contribution in [2.75, 3.05) is 38.2 Å². The summed E-state index contributed by atoms with van der Waals surface area (Å²) in [5.74, 6) is 1.70. The van der Waals surface area contributed by atoms with Crippen LogP contribution < -0.4 is 4.90 Å². The molecule has 122 valence electrons. The number of esters is 1. The number of rotatable bonds is 4. The lowest BCUT2D eigenvalue weighted by molar-refractivity contribution is 0.0560. The molecule has 2 aromatic heterocycles. The van der Waals surface area contributed by atoms with Crippen molar-refractivity contribution in [3.05, 3.63) is 47.5 Å². The van der Waals surface area contributed by atoms with E-state index in [1.54, 1.807) is 0 Å². The molecule has 0 atom stereocenters. The van der Waals surface area contributed by atoms with Crippen molar-refractivity contribution in [2.24, 2.45) is 0 Å². The van der Waals surface area contributed by atoms with Gasteiger partial charge < -0.3 is 14.1 Å². The van der Waals surface area contributed by atoms with Gasteiger partial charge in [0.1, 0.15) is 11.6 Å². The van der Waals surface area contributed by atoms with Crippen molar-refractivity contribution in [2.45, 2.75) is 13.5 Å². The standard InChI is InChI=1S/C17H21N3O3/c1-13-11-14(23-16(13)17(21)22-2)12-19-7-9-20(10-8-19)15-5-3-4-6-18-15/h3-6,11H,7-10,12H2,1-2H3. The Kier molecular flexibility index (Phi) is 4.62. The third kappa shape index (κ3) is 3.53. The van der Waals surface area contributed by atoms with Crippen LogP contribution in [0.3, 0.4) is 0 Å². The second-order valence-corrected chi connectivity index (χ2v) is 5.67. The summed E-state index contributed by atoms with van der Waals surface area (Å²) in [6.45, 7) is 6.29. The number of furan rings is 1. The van der Waals surface area contributed by atoms with Crippen LogP contribution in [-0.2, 0) is 11.3 Å². The minimum atomic E-state index is -0.422. The molecular formula is C17H21N3O3. The number of aryl methyl sites for hydroxylation is 1. The molecular weight excluding hydrogens is 294 g/mol. The van der Waals surface area contributed by atoms with E-state index >= 15 is 0 Å². The summed E-state index contributed by atoms with van der Waals surface area (Å²) in [7, 11) is 1.36. The summed E-state index contributed by atoms with van der Waals surface area (Å²) in [6, 6.07) is 7.89. The lowest BCUT2D eigenvalue weighted by Gasteiger charge is -2.34. The van der Waals surface area contributed by atoms with E-state index in [-0.39, 0.29) is 0 Å². The Bertz CT molecular complexity index is 661. The second-order valence-electron chi connectivity index (χ2n) is 5.67. The van der Waals surface area contributed by atoms with Crippen LogP contribution in [0.25, 0.3) is 0 Å². The molecule has 0 unspecified atom stereocenters. The number of ether oxygens (including phenoxy) is 1. The molecule has 1 aliphatic heterocycles. The molecule has 2 aromatic rings. The third-order valence-corrected chi connectivity index (χ3v) is 4.06. The van der Waals surface area contributed by atoms with Crippen LogP contribution in [-0.4, -0.2) is 49.1 Å². The van der Waals surface area contributed by atoms with Gasteiger partial charge in [0.2, 0.25) is 5.76 Å². The van der Waals surface area contributed by atoms with Crippen LogP contribution >= 0.6 is 0 Å². The molecule has 1 aliphatic rings. The number of hydrogen-bond donors (Lipinski definition) is 0. The number of anilines is 1. The minimum absolute atomic E-state index is 0.301. The average Bonchev–Trinajstić information content (AvgIpc) is 2.96. The van der Waals surface area contributed by atoms with Crippen molar-refractivity contribution in [1.82, 2.24) is 9.88 Å². The number of pyridine rings is 1. The zero-order valence-corrected chi connectivity index (χ0v) is 13.5. The van der Waals surface area contributed by atoms with Gasteiger partial charge in [0.15, 0.2) is 0 Å². The largest absolute Gasteiger partial charge is 0.463 e.